The molecule has 0 spiro atoms. The second-order valence-electron chi connectivity index (χ2n) is 6.21. The molecule has 1 aromatic heterocycles. The lowest BCUT2D eigenvalue weighted by Crippen LogP contribution is -2.33. The van der Waals surface area contributed by atoms with Gasteiger partial charge in [-0.05, 0) is 18.2 Å². The third-order valence-corrected chi connectivity index (χ3v) is 4.80. The predicted molar refractivity (Wildman–Crippen MR) is 84.3 cm³/mol. The summed E-state index contributed by atoms with van der Waals surface area (Å²) in [6.07, 6.45) is 0.595. The number of fused-ring (bicyclic) bond motifs is 2. The maximum absolute atomic E-state index is 11.7. The fraction of sp³-hybridized carbons (Fsp3) is 0.438. The third-order valence-electron chi connectivity index (χ3n) is 4.80. The van der Waals surface area contributed by atoms with Crippen LogP contribution >= 0.6 is 0 Å². The van der Waals surface area contributed by atoms with Gasteiger partial charge in [0.05, 0.1) is 29.7 Å². The molecule has 0 radical (unpaired) electrons. The van der Waals surface area contributed by atoms with Gasteiger partial charge in [0.2, 0.25) is 11.9 Å². The van der Waals surface area contributed by atoms with Crippen LogP contribution in [0.3, 0.4) is 0 Å². The SMILES string of the molecule is COC(=O)c1ccc2c(c1)nc(N1C[C@@H]3CC(=O)N[C@@H]3C1)n2C. The van der Waals surface area contributed by atoms with Crippen LogP contribution in [-0.2, 0) is 16.6 Å². The Morgan fingerprint density at radius 3 is 2.96 bits per heavy atom. The normalized spacial score (nSPS) is 23.2. The van der Waals surface area contributed by atoms with Gasteiger partial charge in [-0.2, -0.15) is 0 Å². The van der Waals surface area contributed by atoms with Gasteiger partial charge in [-0.3, -0.25) is 4.79 Å². The second-order valence-corrected chi connectivity index (χ2v) is 6.21. The number of aromatic nitrogens is 2. The van der Waals surface area contributed by atoms with E-state index in [9.17, 15) is 9.59 Å². The van der Waals surface area contributed by atoms with Crippen LogP contribution < -0.4 is 10.2 Å². The number of rotatable bonds is 2. The monoisotopic (exact) mass is 314 g/mol. The molecule has 2 aromatic rings. The van der Waals surface area contributed by atoms with Crippen LogP contribution in [0.2, 0.25) is 0 Å². The number of esters is 1. The molecule has 4 rings (SSSR count). The topological polar surface area (TPSA) is 76.5 Å². The summed E-state index contributed by atoms with van der Waals surface area (Å²) in [5, 5.41) is 3.02. The number of methoxy groups -OCH3 is 1. The van der Waals surface area contributed by atoms with Gasteiger partial charge in [-0.15, -0.1) is 0 Å². The quantitative estimate of drug-likeness (QED) is 0.825. The molecule has 0 aliphatic carbocycles. The first kappa shape index (κ1) is 14.0. The number of amides is 1. The molecule has 0 unspecified atom stereocenters. The molecular weight excluding hydrogens is 296 g/mol. The van der Waals surface area contributed by atoms with Crippen molar-refractivity contribution in [3.8, 4) is 0 Å². The van der Waals surface area contributed by atoms with Crippen molar-refractivity contribution in [2.45, 2.75) is 12.5 Å². The summed E-state index contributed by atoms with van der Waals surface area (Å²) in [6, 6.07) is 5.60. The van der Waals surface area contributed by atoms with E-state index in [1.165, 1.54) is 7.11 Å². The molecule has 23 heavy (non-hydrogen) atoms. The van der Waals surface area contributed by atoms with Crippen LogP contribution in [0.4, 0.5) is 5.95 Å². The lowest BCUT2D eigenvalue weighted by molar-refractivity contribution is -0.119. The van der Waals surface area contributed by atoms with E-state index in [2.05, 4.69) is 15.2 Å². The van der Waals surface area contributed by atoms with Gasteiger partial charge in [0.15, 0.2) is 0 Å². The first-order chi connectivity index (χ1) is 11.1. The van der Waals surface area contributed by atoms with Crippen molar-refractivity contribution in [3.63, 3.8) is 0 Å². The molecule has 7 nitrogen and oxygen atoms in total. The molecule has 1 amide bonds. The second kappa shape index (κ2) is 4.97. The number of benzene rings is 1. The lowest BCUT2D eigenvalue weighted by Gasteiger charge is -2.18. The van der Waals surface area contributed by atoms with Crippen molar-refractivity contribution in [1.29, 1.82) is 0 Å². The van der Waals surface area contributed by atoms with Crippen molar-refractivity contribution in [3.05, 3.63) is 23.8 Å². The van der Waals surface area contributed by atoms with E-state index in [1.807, 2.05) is 17.7 Å². The van der Waals surface area contributed by atoms with Gasteiger partial charge in [0.1, 0.15) is 0 Å². The van der Waals surface area contributed by atoms with Crippen molar-refractivity contribution in [2.24, 2.45) is 13.0 Å². The van der Waals surface area contributed by atoms with Crippen molar-refractivity contribution >= 4 is 28.9 Å². The summed E-state index contributed by atoms with van der Waals surface area (Å²) in [7, 11) is 3.34. The number of carbonyl (C=O) groups excluding carboxylic acids is 2. The number of ether oxygens (including phenoxy) is 1. The highest BCUT2D eigenvalue weighted by Crippen LogP contribution is 2.30. The Bertz CT molecular complexity index is 797. The molecule has 2 fully saturated rings. The number of nitrogens with zero attached hydrogens (tertiary/aromatic N) is 3. The summed E-state index contributed by atoms with van der Waals surface area (Å²) in [5.41, 5.74) is 2.23. The Balaban J connectivity index is 1.67. The molecule has 2 aliphatic rings. The minimum atomic E-state index is -0.363. The van der Waals surface area contributed by atoms with Gasteiger partial charge < -0.3 is 19.5 Å². The average Bonchev–Trinajstić information content (AvgIpc) is 3.17. The molecular formula is C16H18N4O3. The van der Waals surface area contributed by atoms with Crippen LogP contribution in [0.15, 0.2) is 18.2 Å². The highest BCUT2D eigenvalue weighted by molar-refractivity contribution is 5.94. The van der Waals surface area contributed by atoms with Crippen LogP contribution in [0, 0.1) is 5.92 Å². The van der Waals surface area contributed by atoms with Gasteiger partial charge in [0.25, 0.3) is 0 Å². The summed E-state index contributed by atoms with van der Waals surface area (Å²) in [5.74, 6) is 1.00. The molecule has 3 heterocycles. The van der Waals surface area contributed by atoms with E-state index in [0.29, 0.717) is 17.9 Å². The number of anilines is 1. The molecule has 120 valence electrons. The average molecular weight is 314 g/mol. The third kappa shape index (κ3) is 2.15. The standard InChI is InChI=1S/C16H18N4O3/c1-19-13-4-3-9(15(22)23-2)5-11(13)18-16(19)20-7-10-6-14(21)17-12(10)8-20/h3-5,10,12H,6-8H2,1-2H3,(H,17,21)/t10-,12+/m0/s1. The summed E-state index contributed by atoms with van der Waals surface area (Å²) in [4.78, 5) is 30.0. The van der Waals surface area contributed by atoms with Crippen LogP contribution in [0.5, 0.6) is 0 Å². The van der Waals surface area contributed by atoms with Crippen LogP contribution in [-0.4, -0.2) is 47.7 Å². The largest absolute Gasteiger partial charge is 0.465 e. The number of hydrogen-bond donors (Lipinski definition) is 1. The Hall–Kier alpha value is -2.57. The van der Waals surface area contributed by atoms with E-state index < -0.39 is 0 Å². The first-order valence-electron chi connectivity index (χ1n) is 7.66. The van der Waals surface area contributed by atoms with E-state index in [0.717, 1.165) is 30.1 Å². The highest BCUT2D eigenvalue weighted by atomic mass is 16.5. The maximum Gasteiger partial charge on any atom is 0.337 e. The first-order valence-corrected chi connectivity index (χ1v) is 7.66. The molecule has 2 saturated heterocycles. The Morgan fingerprint density at radius 1 is 1.39 bits per heavy atom. The van der Waals surface area contributed by atoms with Crippen LogP contribution in [0.25, 0.3) is 11.0 Å². The Labute approximate surface area is 133 Å². The van der Waals surface area contributed by atoms with Crippen LogP contribution in [0.1, 0.15) is 16.8 Å². The number of hydrogen-bond acceptors (Lipinski definition) is 5. The minimum Gasteiger partial charge on any atom is -0.465 e. The van der Waals surface area contributed by atoms with Gasteiger partial charge in [-0.25, -0.2) is 9.78 Å². The van der Waals surface area contributed by atoms with Crippen molar-refractivity contribution < 1.29 is 14.3 Å². The minimum absolute atomic E-state index is 0.146. The van der Waals surface area contributed by atoms with Gasteiger partial charge >= 0.3 is 5.97 Å². The molecule has 0 saturated carbocycles. The summed E-state index contributed by atoms with van der Waals surface area (Å²) in [6.45, 7) is 1.60. The number of nitrogens with one attached hydrogen (secondary N) is 1. The predicted octanol–water partition coefficient (Wildman–Crippen LogP) is 0.685. The van der Waals surface area contributed by atoms with Crippen molar-refractivity contribution in [2.75, 3.05) is 25.1 Å². The summed E-state index contributed by atoms with van der Waals surface area (Å²) < 4.78 is 6.79. The molecule has 1 N–H and O–H groups in total. The number of aryl methyl sites for hydroxylation is 1. The fourth-order valence-electron chi connectivity index (χ4n) is 3.62. The van der Waals surface area contributed by atoms with Crippen molar-refractivity contribution in [1.82, 2.24) is 14.9 Å². The molecule has 2 aliphatic heterocycles. The maximum atomic E-state index is 11.7. The highest BCUT2D eigenvalue weighted by Gasteiger charge is 2.41. The zero-order valence-electron chi connectivity index (χ0n) is 13.1. The van der Waals surface area contributed by atoms with E-state index >= 15 is 0 Å². The molecule has 0 bridgehead atoms. The van der Waals surface area contributed by atoms with Gasteiger partial charge in [-0.1, -0.05) is 0 Å². The molecule has 7 heteroatoms. The number of carbonyl (C=O) groups is 2. The molecule has 2 atom stereocenters. The Kier molecular flexibility index (Phi) is 3.04. The van der Waals surface area contributed by atoms with E-state index in [1.54, 1.807) is 12.1 Å². The lowest BCUT2D eigenvalue weighted by atomic mass is 10.1. The van der Waals surface area contributed by atoms with E-state index in [-0.39, 0.29) is 17.9 Å². The zero-order valence-corrected chi connectivity index (χ0v) is 13.1. The Morgan fingerprint density at radius 2 is 2.22 bits per heavy atom. The smallest absolute Gasteiger partial charge is 0.337 e. The van der Waals surface area contributed by atoms with Gasteiger partial charge in [0, 0.05) is 32.5 Å². The number of imidazole rings is 1. The molecule has 1 aromatic carbocycles. The fourth-order valence-corrected chi connectivity index (χ4v) is 3.62. The summed E-state index contributed by atoms with van der Waals surface area (Å²) >= 11 is 0. The zero-order chi connectivity index (χ0) is 16.1. The van der Waals surface area contributed by atoms with E-state index in [4.69, 9.17) is 4.74 Å².